The quantitative estimate of drug-likeness (QED) is 0.599. The van der Waals surface area contributed by atoms with Crippen molar-refractivity contribution in [2.75, 3.05) is 0 Å². The molecule has 3 aromatic rings. The fourth-order valence-electron chi connectivity index (χ4n) is 3.09. The van der Waals surface area contributed by atoms with Crippen LogP contribution in [0.5, 0.6) is 0 Å². The Morgan fingerprint density at radius 2 is 1.70 bits per heavy atom. The average molecular weight is 423 g/mol. The predicted molar refractivity (Wildman–Crippen MR) is 119 cm³/mol. The molecule has 0 spiro atoms. The van der Waals surface area contributed by atoms with E-state index in [-0.39, 0.29) is 23.8 Å². The molecule has 7 heteroatoms. The van der Waals surface area contributed by atoms with Crippen LogP contribution >= 0.6 is 11.3 Å². The third-order valence-corrected chi connectivity index (χ3v) is 5.88. The Bertz CT molecular complexity index is 1020. The van der Waals surface area contributed by atoms with Crippen LogP contribution in [0.4, 0.5) is 0 Å². The van der Waals surface area contributed by atoms with Gasteiger partial charge in [0.05, 0.1) is 11.7 Å². The molecule has 2 heterocycles. The maximum atomic E-state index is 12.9. The summed E-state index contributed by atoms with van der Waals surface area (Å²) in [5.74, 6) is -0.530. The SMILES string of the molecule is Cc1ccccc1C(=O)NC(C(=O)NC(C)c1nc(-c2ccncc2)cs1)C(C)C. The molecule has 0 bridgehead atoms. The van der Waals surface area contributed by atoms with Crippen molar-refractivity contribution in [3.8, 4) is 11.3 Å². The van der Waals surface area contributed by atoms with E-state index in [1.807, 2.05) is 63.4 Å². The highest BCUT2D eigenvalue weighted by Crippen LogP contribution is 2.25. The molecule has 0 aliphatic rings. The first-order chi connectivity index (χ1) is 14.4. The maximum absolute atomic E-state index is 12.9. The minimum Gasteiger partial charge on any atom is -0.345 e. The van der Waals surface area contributed by atoms with Crippen LogP contribution in [0.2, 0.25) is 0 Å². The monoisotopic (exact) mass is 422 g/mol. The number of amides is 2. The number of benzene rings is 1. The van der Waals surface area contributed by atoms with E-state index in [0.717, 1.165) is 21.8 Å². The van der Waals surface area contributed by atoms with Gasteiger partial charge in [0.2, 0.25) is 5.91 Å². The van der Waals surface area contributed by atoms with Crippen molar-refractivity contribution < 1.29 is 9.59 Å². The van der Waals surface area contributed by atoms with Crippen molar-refractivity contribution in [3.05, 3.63) is 70.3 Å². The van der Waals surface area contributed by atoms with Gasteiger partial charge in [-0.2, -0.15) is 0 Å². The molecule has 0 aliphatic heterocycles. The molecule has 1 aromatic carbocycles. The Hall–Kier alpha value is -3.06. The van der Waals surface area contributed by atoms with Gasteiger partial charge in [0.15, 0.2) is 0 Å². The molecular weight excluding hydrogens is 396 g/mol. The fourth-order valence-corrected chi connectivity index (χ4v) is 3.92. The lowest BCUT2D eigenvalue weighted by Gasteiger charge is -2.23. The first-order valence-corrected chi connectivity index (χ1v) is 10.8. The average Bonchev–Trinajstić information content (AvgIpc) is 3.23. The summed E-state index contributed by atoms with van der Waals surface area (Å²) in [7, 11) is 0. The standard InChI is InChI=1S/C23H26N4O2S/c1-14(2)20(27-21(28)18-8-6-5-7-15(18)3)22(29)25-16(4)23-26-19(13-30-23)17-9-11-24-12-10-17/h5-14,16,20H,1-4H3,(H,25,29)(H,27,28). The molecular formula is C23H26N4O2S. The van der Waals surface area contributed by atoms with Crippen molar-refractivity contribution in [1.82, 2.24) is 20.6 Å². The van der Waals surface area contributed by atoms with Gasteiger partial charge in [0.1, 0.15) is 11.0 Å². The Kier molecular flexibility index (Phi) is 6.95. The van der Waals surface area contributed by atoms with Gasteiger partial charge in [-0.1, -0.05) is 32.0 Å². The number of hydrogen-bond acceptors (Lipinski definition) is 5. The van der Waals surface area contributed by atoms with E-state index in [4.69, 9.17) is 0 Å². The molecule has 2 unspecified atom stereocenters. The summed E-state index contributed by atoms with van der Waals surface area (Å²) < 4.78 is 0. The molecule has 156 valence electrons. The fraction of sp³-hybridized carbons (Fsp3) is 0.304. The van der Waals surface area contributed by atoms with Gasteiger partial charge < -0.3 is 10.6 Å². The van der Waals surface area contributed by atoms with E-state index < -0.39 is 6.04 Å². The summed E-state index contributed by atoms with van der Waals surface area (Å²) in [6.45, 7) is 7.61. The lowest BCUT2D eigenvalue weighted by atomic mass is 10.0. The molecule has 0 saturated heterocycles. The molecule has 3 rings (SSSR count). The molecule has 0 radical (unpaired) electrons. The molecule has 2 aromatic heterocycles. The third-order valence-electron chi connectivity index (χ3n) is 4.85. The van der Waals surface area contributed by atoms with Gasteiger partial charge in [0.25, 0.3) is 5.91 Å². The highest BCUT2D eigenvalue weighted by Gasteiger charge is 2.27. The topological polar surface area (TPSA) is 84.0 Å². The Labute approximate surface area is 180 Å². The highest BCUT2D eigenvalue weighted by atomic mass is 32.1. The minimum absolute atomic E-state index is 0.0613. The lowest BCUT2D eigenvalue weighted by molar-refractivity contribution is -0.124. The summed E-state index contributed by atoms with van der Waals surface area (Å²) in [6, 6.07) is 10.2. The van der Waals surface area contributed by atoms with E-state index >= 15 is 0 Å². The summed E-state index contributed by atoms with van der Waals surface area (Å²) in [5.41, 5.74) is 3.28. The molecule has 30 heavy (non-hydrogen) atoms. The second kappa shape index (κ2) is 9.63. The summed E-state index contributed by atoms with van der Waals surface area (Å²) >= 11 is 1.49. The number of pyridine rings is 1. The van der Waals surface area contributed by atoms with Gasteiger partial charge >= 0.3 is 0 Å². The number of nitrogens with zero attached hydrogens (tertiary/aromatic N) is 2. The number of rotatable bonds is 7. The lowest BCUT2D eigenvalue weighted by Crippen LogP contribution is -2.50. The molecule has 2 N–H and O–H groups in total. The van der Waals surface area contributed by atoms with E-state index in [2.05, 4.69) is 20.6 Å². The number of carbonyl (C=O) groups excluding carboxylic acids is 2. The van der Waals surface area contributed by atoms with Gasteiger partial charge in [-0.15, -0.1) is 11.3 Å². The van der Waals surface area contributed by atoms with Crippen molar-refractivity contribution in [2.45, 2.75) is 39.8 Å². The predicted octanol–water partition coefficient (Wildman–Crippen LogP) is 4.15. The minimum atomic E-state index is -0.640. The largest absolute Gasteiger partial charge is 0.345 e. The number of aromatic nitrogens is 2. The third kappa shape index (κ3) is 5.10. The zero-order valence-corrected chi connectivity index (χ0v) is 18.4. The molecule has 0 fully saturated rings. The van der Waals surface area contributed by atoms with Crippen LogP contribution in [0, 0.1) is 12.8 Å². The van der Waals surface area contributed by atoms with Crippen LogP contribution < -0.4 is 10.6 Å². The highest BCUT2D eigenvalue weighted by molar-refractivity contribution is 7.10. The summed E-state index contributed by atoms with van der Waals surface area (Å²) in [4.78, 5) is 34.3. The Balaban J connectivity index is 1.68. The molecule has 0 aliphatic carbocycles. The molecule has 0 saturated carbocycles. The second-order valence-corrected chi connectivity index (χ2v) is 8.44. The Morgan fingerprint density at radius 1 is 1.00 bits per heavy atom. The van der Waals surface area contributed by atoms with Crippen molar-refractivity contribution >= 4 is 23.2 Å². The number of hydrogen-bond donors (Lipinski definition) is 2. The van der Waals surface area contributed by atoms with Crippen LogP contribution in [-0.2, 0) is 4.79 Å². The van der Waals surface area contributed by atoms with Crippen molar-refractivity contribution in [2.24, 2.45) is 5.92 Å². The van der Waals surface area contributed by atoms with Crippen LogP contribution in [0.1, 0.15) is 47.7 Å². The zero-order valence-electron chi connectivity index (χ0n) is 17.5. The number of aryl methyl sites for hydroxylation is 1. The summed E-state index contributed by atoms with van der Waals surface area (Å²) in [6.07, 6.45) is 3.45. The van der Waals surface area contributed by atoms with E-state index in [0.29, 0.717) is 5.56 Å². The second-order valence-electron chi connectivity index (χ2n) is 7.55. The normalized spacial score (nSPS) is 13.0. The van der Waals surface area contributed by atoms with Crippen molar-refractivity contribution in [1.29, 1.82) is 0 Å². The number of thiazole rings is 1. The first kappa shape index (κ1) is 21.6. The van der Waals surface area contributed by atoms with E-state index in [1.54, 1.807) is 18.5 Å². The first-order valence-electron chi connectivity index (χ1n) is 9.89. The van der Waals surface area contributed by atoms with Gasteiger partial charge in [0, 0.05) is 28.9 Å². The van der Waals surface area contributed by atoms with E-state index in [9.17, 15) is 9.59 Å². The maximum Gasteiger partial charge on any atom is 0.252 e. The van der Waals surface area contributed by atoms with Crippen LogP contribution in [0.25, 0.3) is 11.3 Å². The van der Waals surface area contributed by atoms with Crippen molar-refractivity contribution in [3.63, 3.8) is 0 Å². The van der Waals surface area contributed by atoms with Gasteiger partial charge in [-0.25, -0.2) is 4.98 Å². The van der Waals surface area contributed by atoms with Crippen LogP contribution in [0.3, 0.4) is 0 Å². The molecule has 2 atom stereocenters. The van der Waals surface area contributed by atoms with Crippen LogP contribution in [-0.4, -0.2) is 27.8 Å². The number of carbonyl (C=O) groups is 2. The number of nitrogens with one attached hydrogen (secondary N) is 2. The van der Waals surface area contributed by atoms with Gasteiger partial charge in [-0.05, 0) is 43.5 Å². The Morgan fingerprint density at radius 3 is 2.37 bits per heavy atom. The smallest absolute Gasteiger partial charge is 0.252 e. The summed E-state index contributed by atoms with van der Waals surface area (Å²) in [5, 5.41) is 8.66. The molecule has 6 nitrogen and oxygen atoms in total. The van der Waals surface area contributed by atoms with E-state index in [1.165, 1.54) is 11.3 Å². The molecule has 2 amide bonds. The van der Waals surface area contributed by atoms with Crippen LogP contribution in [0.15, 0.2) is 54.2 Å². The zero-order chi connectivity index (χ0) is 21.7. The van der Waals surface area contributed by atoms with Gasteiger partial charge in [-0.3, -0.25) is 14.6 Å².